The Morgan fingerprint density at radius 2 is 1.75 bits per heavy atom. The Kier molecular flexibility index (Phi) is 5.50. The third kappa shape index (κ3) is 3.95. The molecule has 0 fully saturated rings. The summed E-state index contributed by atoms with van der Waals surface area (Å²) in [5, 5.41) is 8.86. The summed E-state index contributed by atoms with van der Waals surface area (Å²) in [6.45, 7) is 5.96. The minimum absolute atomic E-state index is 0.234. The predicted molar refractivity (Wildman–Crippen MR) is 76.7 cm³/mol. The normalized spacial score (nSPS) is 12.1. The van der Waals surface area contributed by atoms with Crippen LogP contribution in [-0.4, -0.2) is 24.2 Å². The molecule has 0 aliphatic carbocycles. The fraction of sp³-hybridized carbons (Fsp3) is 0.375. The molecule has 20 heavy (non-hydrogen) atoms. The van der Waals surface area contributed by atoms with Crippen LogP contribution in [0.25, 0.3) is 0 Å². The van der Waals surface area contributed by atoms with Crippen molar-refractivity contribution in [3.05, 3.63) is 46.5 Å². The van der Waals surface area contributed by atoms with Crippen LogP contribution in [0.3, 0.4) is 0 Å². The van der Waals surface area contributed by atoms with E-state index in [1.807, 2.05) is 20.8 Å². The number of hydrogen-bond acceptors (Lipinski definition) is 3. The van der Waals surface area contributed by atoms with E-state index >= 15 is 0 Å². The third-order valence-electron chi connectivity index (χ3n) is 3.36. The number of carboxylic acids is 1. The Bertz CT molecular complexity index is 524. The van der Waals surface area contributed by atoms with E-state index < -0.39 is 5.97 Å². The average Bonchev–Trinajstić information content (AvgIpc) is 2.43. The molecule has 1 N–H and O–H groups in total. The summed E-state index contributed by atoms with van der Waals surface area (Å²) in [7, 11) is 1.36. The molecule has 0 spiro atoms. The number of rotatable bonds is 5. The first-order valence-corrected chi connectivity index (χ1v) is 6.47. The quantitative estimate of drug-likeness (QED) is 0.663. The lowest BCUT2D eigenvalue weighted by Crippen LogP contribution is -2.12. The van der Waals surface area contributed by atoms with Crippen LogP contribution in [0, 0.1) is 5.92 Å². The van der Waals surface area contributed by atoms with Gasteiger partial charge in [0.15, 0.2) is 0 Å². The molecular weight excluding hydrogens is 256 g/mol. The van der Waals surface area contributed by atoms with Gasteiger partial charge in [-0.25, -0.2) is 9.59 Å². The number of methoxy groups -OCH3 is 1. The van der Waals surface area contributed by atoms with Gasteiger partial charge in [-0.15, -0.1) is 0 Å². The van der Waals surface area contributed by atoms with Crippen molar-refractivity contribution in [1.82, 2.24) is 0 Å². The molecule has 4 heteroatoms. The van der Waals surface area contributed by atoms with Gasteiger partial charge in [0.2, 0.25) is 0 Å². The van der Waals surface area contributed by atoms with Gasteiger partial charge in [0.25, 0.3) is 0 Å². The second kappa shape index (κ2) is 6.89. The lowest BCUT2D eigenvalue weighted by Gasteiger charge is -2.13. The van der Waals surface area contributed by atoms with Crippen LogP contribution >= 0.6 is 0 Å². The maximum atomic E-state index is 11.9. The van der Waals surface area contributed by atoms with Crippen molar-refractivity contribution in [2.75, 3.05) is 7.11 Å². The largest absolute Gasteiger partial charge is 0.478 e. The van der Waals surface area contributed by atoms with Crippen molar-refractivity contribution >= 4 is 11.9 Å². The maximum absolute atomic E-state index is 11.9. The van der Waals surface area contributed by atoms with Crippen LogP contribution < -0.4 is 0 Å². The first-order valence-electron chi connectivity index (χ1n) is 6.47. The van der Waals surface area contributed by atoms with Crippen LogP contribution in [0.15, 0.2) is 35.4 Å². The molecule has 1 rings (SSSR count). The molecule has 108 valence electrons. The molecule has 0 aliphatic heterocycles. The zero-order valence-electron chi connectivity index (χ0n) is 12.3. The van der Waals surface area contributed by atoms with Gasteiger partial charge in [0.05, 0.1) is 12.7 Å². The molecule has 0 aromatic heterocycles. The van der Waals surface area contributed by atoms with Gasteiger partial charge in [-0.2, -0.15) is 0 Å². The average molecular weight is 276 g/mol. The lowest BCUT2D eigenvalue weighted by molar-refractivity contribution is -0.136. The number of carbonyl (C=O) groups excluding carboxylic acids is 1. The smallest absolute Gasteiger partial charge is 0.335 e. The Morgan fingerprint density at radius 3 is 2.15 bits per heavy atom. The minimum Gasteiger partial charge on any atom is -0.478 e. The zero-order valence-corrected chi connectivity index (χ0v) is 12.3. The molecule has 0 unspecified atom stereocenters. The second-order valence-corrected chi connectivity index (χ2v) is 4.99. The number of benzene rings is 1. The van der Waals surface area contributed by atoms with Crippen LogP contribution in [-0.2, 0) is 16.0 Å². The Morgan fingerprint density at radius 1 is 1.20 bits per heavy atom. The molecular formula is C16H20O4. The van der Waals surface area contributed by atoms with E-state index in [1.165, 1.54) is 19.2 Å². The van der Waals surface area contributed by atoms with E-state index in [9.17, 15) is 9.59 Å². The molecule has 1 aromatic carbocycles. The Balaban J connectivity index is 3.05. The third-order valence-corrected chi connectivity index (χ3v) is 3.36. The molecule has 0 amide bonds. The van der Waals surface area contributed by atoms with Crippen molar-refractivity contribution in [2.24, 2.45) is 5.92 Å². The van der Waals surface area contributed by atoms with Gasteiger partial charge in [-0.3, -0.25) is 0 Å². The van der Waals surface area contributed by atoms with E-state index in [4.69, 9.17) is 9.84 Å². The summed E-state index contributed by atoms with van der Waals surface area (Å²) in [5.41, 5.74) is 2.73. The highest BCUT2D eigenvalue weighted by atomic mass is 16.5. The summed E-state index contributed by atoms with van der Waals surface area (Å²) in [5.74, 6) is -1.04. The van der Waals surface area contributed by atoms with Crippen LogP contribution in [0.4, 0.5) is 0 Å². The molecule has 0 atom stereocenters. The standard InChI is InChI=1S/C16H20O4/c1-10(2)11(3)14(16(19)20-4)9-12-5-7-13(8-6-12)15(17)18/h5-8,10H,9H2,1-4H3,(H,17,18)/b14-11+. The summed E-state index contributed by atoms with van der Waals surface area (Å²) in [4.78, 5) is 22.7. The van der Waals surface area contributed by atoms with Crippen molar-refractivity contribution in [3.63, 3.8) is 0 Å². The van der Waals surface area contributed by atoms with Crippen LogP contribution in [0.5, 0.6) is 0 Å². The number of hydrogen-bond donors (Lipinski definition) is 1. The van der Waals surface area contributed by atoms with Crippen molar-refractivity contribution < 1.29 is 19.4 Å². The molecule has 0 bridgehead atoms. The van der Waals surface area contributed by atoms with Crippen LogP contribution in [0.1, 0.15) is 36.7 Å². The van der Waals surface area contributed by atoms with Gasteiger partial charge in [-0.05, 0) is 30.5 Å². The van der Waals surface area contributed by atoms with E-state index in [2.05, 4.69) is 0 Å². The fourth-order valence-corrected chi connectivity index (χ4v) is 1.81. The monoisotopic (exact) mass is 276 g/mol. The molecule has 4 nitrogen and oxygen atoms in total. The molecule has 0 saturated heterocycles. The number of aromatic carboxylic acids is 1. The summed E-state index contributed by atoms with van der Waals surface area (Å²) >= 11 is 0. The summed E-state index contributed by atoms with van der Waals surface area (Å²) in [6, 6.07) is 6.52. The maximum Gasteiger partial charge on any atom is 0.335 e. The van der Waals surface area contributed by atoms with Crippen molar-refractivity contribution in [3.8, 4) is 0 Å². The lowest BCUT2D eigenvalue weighted by atomic mass is 9.94. The molecule has 1 aromatic rings. The number of esters is 1. The molecule has 0 radical (unpaired) electrons. The fourth-order valence-electron chi connectivity index (χ4n) is 1.81. The summed E-state index contributed by atoms with van der Waals surface area (Å²) < 4.78 is 4.83. The van der Waals surface area contributed by atoms with E-state index in [1.54, 1.807) is 12.1 Å². The SMILES string of the molecule is COC(=O)/C(Cc1ccc(C(=O)O)cc1)=C(\C)C(C)C. The highest BCUT2D eigenvalue weighted by Gasteiger charge is 2.16. The van der Waals surface area contributed by atoms with Crippen molar-refractivity contribution in [1.29, 1.82) is 0 Å². The van der Waals surface area contributed by atoms with Gasteiger partial charge in [0, 0.05) is 12.0 Å². The highest BCUT2D eigenvalue weighted by molar-refractivity contribution is 5.90. The first kappa shape index (κ1) is 16.0. The minimum atomic E-state index is -0.960. The Labute approximate surface area is 119 Å². The number of carboxylic acid groups (broad SMARTS) is 1. The first-order chi connectivity index (χ1) is 9.36. The van der Waals surface area contributed by atoms with E-state index in [0.29, 0.717) is 12.0 Å². The number of ether oxygens (including phenoxy) is 1. The molecule has 0 saturated carbocycles. The van der Waals surface area contributed by atoms with Gasteiger partial charge in [-0.1, -0.05) is 31.6 Å². The highest BCUT2D eigenvalue weighted by Crippen LogP contribution is 2.20. The van der Waals surface area contributed by atoms with Crippen molar-refractivity contribution in [2.45, 2.75) is 27.2 Å². The van der Waals surface area contributed by atoms with Gasteiger partial charge in [0.1, 0.15) is 0 Å². The van der Waals surface area contributed by atoms with Gasteiger partial charge >= 0.3 is 11.9 Å². The van der Waals surface area contributed by atoms with E-state index in [0.717, 1.165) is 11.1 Å². The predicted octanol–water partition coefficient (Wildman–Crippen LogP) is 3.07. The summed E-state index contributed by atoms with van der Waals surface area (Å²) in [6.07, 6.45) is 0.441. The topological polar surface area (TPSA) is 63.6 Å². The number of carbonyl (C=O) groups is 2. The molecule has 0 heterocycles. The second-order valence-electron chi connectivity index (χ2n) is 4.99. The number of allylic oxidation sites excluding steroid dienone is 1. The zero-order chi connectivity index (χ0) is 15.3. The Hall–Kier alpha value is -2.10. The van der Waals surface area contributed by atoms with E-state index in [-0.39, 0.29) is 17.5 Å². The van der Waals surface area contributed by atoms with Crippen LogP contribution in [0.2, 0.25) is 0 Å². The molecule has 0 aliphatic rings. The van der Waals surface area contributed by atoms with Gasteiger partial charge < -0.3 is 9.84 Å².